The quantitative estimate of drug-likeness (QED) is 0.203. The third-order valence-corrected chi connectivity index (χ3v) is 6.17. The van der Waals surface area contributed by atoms with Crippen molar-refractivity contribution < 1.29 is 14.5 Å². The van der Waals surface area contributed by atoms with Gasteiger partial charge in [-0.2, -0.15) is 0 Å². The first-order valence-electron chi connectivity index (χ1n) is 9.86. The predicted octanol–water partition coefficient (Wildman–Crippen LogP) is 6.00. The monoisotopic (exact) mass is 432 g/mol. The number of Topliss-reactive ketones (excluding diaryl/α,β-unsaturated/α-hetero) is 1. The summed E-state index contributed by atoms with van der Waals surface area (Å²) < 4.78 is 6.41. The topological polar surface area (TPSA) is 82.3 Å². The van der Waals surface area contributed by atoms with E-state index >= 15 is 0 Å². The Morgan fingerprint density at radius 2 is 1.94 bits per heavy atom. The molecule has 0 bridgehead atoms. The molecule has 4 rings (SSSR count). The minimum atomic E-state index is -0.527. The Labute approximate surface area is 183 Å². The summed E-state index contributed by atoms with van der Waals surface area (Å²) in [5, 5.41) is 12.3. The first-order chi connectivity index (χ1) is 15.0. The lowest BCUT2D eigenvalue weighted by molar-refractivity contribution is -0.385. The van der Waals surface area contributed by atoms with E-state index in [0.29, 0.717) is 12.2 Å². The molecule has 0 spiro atoms. The zero-order valence-electron chi connectivity index (χ0n) is 17.1. The molecule has 6 nitrogen and oxygen atoms in total. The van der Waals surface area contributed by atoms with Crippen molar-refractivity contribution >= 4 is 33.0 Å². The number of carbonyl (C=O) groups excluding carboxylic acids is 1. The van der Waals surface area contributed by atoms with Gasteiger partial charge in [0, 0.05) is 23.6 Å². The molecule has 0 fully saturated rings. The zero-order chi connectivity index (χ0) is 22.0. The summed E-state index contributed by atoms with van der Waals surface area (Å²) in [7, 11) is 0. The third-order valence-electron chi connectivity index (χ3n) is 5.10. The normalized spacial score (nSPS) is 10.9. The summed E-state index contributed by atoms with van der Waals surface area (Å²) in [5.41, 5.74) is 3.88. The molecule has 0 unspecified atom stereocenters. The molecule has 0 amide bonds. The fraction of sp³-hybridized carbons (Fsp3) is 0.167. The van der Waals surface area contributed by atoms with Gasteiger partial charge in [0.25, 0.3) is 0 Å². The summed E-state index contributed by atoms with van der Waals surface area (Å²) in [4.78, 5) is 28.5. The highest BCUT2D eigenvalue weighted by molar-refractivity contribution is 7.21. The van der Waals surface area contributed by atoms with Crippen LogP contribution in [0.2, 0.25) is 0 Å². The molecule has 1 aromatic heterocycles. The van der Waals surface area contributed by atoms with Crippen LogP contribution in [-0.4, -0.2) is 22.3 Å². The maximum absolute atomic E-state index is 12.9. The zero-order valence-corrected chi connectivity index (χ0v) is 17.9. The number of hydrogen-bond acceptors (Lipinski definition) is 6. The largest absolute Gasteiger partial charge is 0.487 e. The standard InChI is InChI=1S/C24H20N2O4S/c1-3-30-22-12-11-17(13-20(22)26(28)29)21(27)14-16-7-6-8-18(15(16)2)24-25-19-9-4-5-10-23(19)31-24/h4-13H,3,14H2,1-2H3. The molecule has 156 valence electrons. The van der Waals surface area contributed by atoms with Crippen LogP contribution in [0.15, 0.2) is 60.7 Å². The average molecular weight is 433 g/mol. The van der Waals surface area contributed by atoms with E-state index in [2.05, 4.69) is 0 Å². The van der Waals surface area contributed by atoms with E-state index in [1.54, 1.807) is 24.3 Å². The van der Waals surface area contributed by atoms with Gasteiger partial charge in [-0.05, 0) is 49.2 Å². The van der Waals surface area contributed by atoms with Crippen LogP contribution in [0.4, 0.5) is 5.69 Å². The fourth-order valence-corrected chi connectivity index (χ4v) is 4.53. The summed E-state index contributed by atoms with van der Waals surface area (Å²) in [5.74, 6) is -0.0197. The number of hydrogen-bond donors (Lipinski definition) is 0. The van der Waals surface area contributed by atoms with Crippen molar-refractivity contribution in [3.63, 3.8) is 0 Å². The van der Waals surface area contributed by atoms with Crippen LogP contribution in [0.3, 0.4) is 0 Å². The van der Waals surface area contributed by atoms with E-state index in [-0.39, 0.29) is 23.6 Å². The number of carbonyl (C=O) groups is 1. The first kappa shape index (κ1) is 20.7. The SMILES string of the molecule is CCOc1ccc(C(=O)Cc2cccc(-c3nc4ccccc4s3)c2C)cc1[N+](=O)[O-]. The van der Waals surface area contributed by atoms with Crippen LogP contribution in [0, 0.1) is 17.0 Å². The number of benzene rings is 3. The lowest BCUT2D eigenvalue weighted by Gasteiger charge is -2.10. The number of fused-ring (bicyclic) bond motifs is 1. The Morgan fingerprint density at radius 1 is 1.13 bits per heavy atom. The van der Waals surface area contributed by atoms with E-state index in [9.17, 15) is 14.9 Å². The molecular formula is C24H20N2O4S. The van der Waals surface area contributed by atoms with Gasteiger partial charge in [0.05, 0.1) is 21.7 Å². The summed E-state index contributed by atoms with van der Waals surface area (Å²) in [6.07, 6.45) is 0.149. The Balaban J connectivity index is 1.64. The molecule has 0 saturated carbocycles. The highest BCUT2D eigenvalue weighted by atomic mass is 32.1. The number of para-hydroxylation sites is 1. The van der Waals surface area contributed by atoms with Crippen molar-refractivity contribution in [1.29, 1.82) is 0 Å². The highest BCUT2D eigenvalue weighted by Gasteiger charge is 2.20. The van der Waals surface area contributed by atoms with Crippen molar-refractivity contribution in [3.05, 3.63) is 87.5 Å². The average Bonchev–Trinajstić information content (AvgIpc) is 3.19. The lowest BCUT2D eigenvalue weighted by Crippen LogP contribution is -2.07. The molecule has 31 heavy (non-hydrogen) atoms. The minimum Gasteiger partial charge on any atom is -0.487 e. The van der Waals surface area contributed by atoms with E-state index in [1.807, 2.05) is 49.4 Å². The van der Waals surface area contributed by atoms with Crippen molar-refractivity contribution in [1.82, 2.24) is 4.98 Å². The van der Waals surface area contributed by atoms with E-state index in [0.717, 1.165) is 31.9 Å². The van der Waals surface area contributed by atoms with Gasteiger partial charge in [-0.3, -0.25) is 14.9 Å². The van der Waals surface area contributed by atoms with Crippen molar-refractivity contribution in [3.8, 4) is 16.3 Å². The maximum atomic E-state index is 12.9. The van der Waals surface area contributed by atoms with Crippen molar-refractivity contribution in [2.45, 2.75) is 20.3 Å². The lowest BCUT2D eigenvalue weighted by atomic mass is 9.96. The second kappa shape index (κ2) is 8.65. The summed E-state index contributed by atoms with van der Waals surface area (Å²) >= 11 is 1.61. The molecular weight excluding hydrogens is 412 g/mol. The van der Waals surface area contributed by atoms with Crippen LogP contribution < -0.4 is 4.74 Å². The second-order valence-corrected chi connectivity index (χ2v) is 8.08. The Bertz CT molecular complexity index is 1260. The minimum absolute atomic E-state index is 0.149. The molecule has 0 aliphatic rings. The Hall–Kier alpha value is -3.58. The van der Waals surface area contributed by atoms with Gasteiger partial charge < -0.3 is 4.74 Å². The van der Waals surface area contributed by atoms with Gasteiger partial charge in [-0.15, -0.1) is 11.3 Å². The molecule has 0 aliphatic heterocycles. The van der Waals surface area contributed by atoms with Crippen molar-refractivity contribution in [2.24, 2.45) is 0 Å². The van der Waals surface area contributed by atoms with Gasteiger partial charge in [0.1, 0.15) is 5.01 Å². The van der Waals surface area contributed by atoms with Gasteiger partial charge >= 0.3 is 5.69 Å². The van der Waals surface area contributed by atoms with Gasteiger partial charge in [0.15, 0.2) is 11.5 Å². The number of ketones is 1. The number of nitrogens with zero attached hydrogens (tertiary/aromatic N) is 2. The number of aromatic nitrogens is 1. The highest BCUT2D eigenvalue weighted by Crippen LogP contribution is 2.34. The van der Waals surface area contributed by atoms with Crippen LogP contribution >= 0.6 is 11.3 Å². The molecule has 1 heterocycles. The summed E-state index contributed by atoms with van der Waals surface area (Å²) in [6.45, 7) is 4.04. The summed E-state index contributed by atoms with van der Waals surface area (Å²) in [6, 6.07) is 18.2. The van der Waals surface area contributed by atoms with Crippen LogP contribution in [-0.2, 0) is 6.42 Å². The molecule has 0 N–H and O–H groups in total. The molecule has 0 aliphatic carbocycles. The molecule has 0 radical (unpaired) electrons. The number of nitro benzene ring substituents is 1. The molecule has 3 aromatic carbocycles. The fourth-order valence-electron chi connectivity index (χ4n) is 3.48. The third kappa shape index (κ3) is 4.18. The van der Waals surface area contributed by atoms with Gasteiger partial charge in [0.2, 0.25) is 0 Å². The molecule has 7 heteroatoms. The van der Waals surface area contributed by atoms with Gasteiger partial charge in [-0.1, -0.05) is 30.3 Å². The van der Waals surface area contributed by atoms with E-state index in [4.69, 9.17) is 9.72 Å². The molecule has 0 saturated heterocycles. The maximum Gasteiger partial charge on any atom is 0.311 e. The number of ether oxygens (including phenoxy) is 1. The van der Waals surface area contributed by atoms with Crippen molar-refractivity contribution in [2.75, 3.05) is 6.61 Å². The molecule has 4 aromatic rings. The Morgan fingerprint density at radius 3 is 2.68 bits per heavy atom. The van der Waals surface area contributed by atoms with Crippen LogP contribution in [0.5, 0.6) is 5.75 Å². The first-order valence-corrected chi connectivity index (χ1v) is 10.7. The van der Waals surface area contributed by atoms with Crippen LogP contribution in [0.25, 0.3) is 20.8 Å². The predicted molar refractivity (Wildman–Crippen MR) is 122 cm³/mol. The second-order valence-electron chi connectivity index (χ2n) is 7.05. The smallest absolute Gasteiger partial charge is 0.311 e. The van der Waals surface area contributed by atoms with E-state index < -0.39 is 4.92 Å². The number of nitro groups is 1. The number of rotatable bonds is 7. The van der Waals surface area contributed by atoms with Gasteiger partial charge in [-0.25, -0.2) is 4.98 Å². The van der Waals surface area contributed by atoms with E-state index in [1.165, 1.54) is 12.1 Å². The Kier molecular flexibility index (Phi) is 5.77. The number of thiazole rings is 1. The van der Waals surface area contributed by atoms with Crippen LogP contribution in [0.1, 0.15) is 28.4 Å². The molecule has 0 atom stereocenters.